The van der Waals surface area contributed by atoms with Crippen LogP contribution >= 0.6 is 94.1 Å². The third-order valence-corrected chi connectivity index (χ3v) is 21.2. The zero-order valence-electron chi connectivity index (χ0n) is 49.5. The molecule has 472 valence electrons. The summed E-state index contributed by atoms with van der Waals surface area (Å²) in [7, 11) is 0. The smallest absolute Gasteiger partial charge is 0.338 e. The lowest BCUT2D eigenvalue weighted by molar-refractivity contribution is -0.459. The molecule has 4 amide bonds. The van der Waals surface area contributed by atoms with Crippen LogP contribution < -0.4 is 49.4 Å². The average molecular weight is 1310 g/mol. The van der Waals surface area contributed by atoms with E-state index in [1.165, 1.54) is 0 Å². The molecule has 2 aliphatic heterocycles. The summed E-state index contributed by atoms with van der Waals surface area (Å²) in [5.41, 5.74) is 35.8. The topological polar surface area (TPSA) is 301 Å². The second kappa shape index (κ2) is 53.2. The van der Waals surface area contributed by atoms with Gasteiger partial charge >= 0.3 is 17.9 Å². The summed E-state index contributed by atoms with van der Waals surface area (Å²) in [6.45, 7) is 10.7. The van der Waals surface area contributed by atoms with Crippen molar-refractivity contribution in [1.29, 1.82) is 0 Å². The Balaban J connectivity index is 1.91. The van der Waals surface area contributed by atoms with Crippen molar-refractivity contribution in [3.63, 3.8) is 0 Å². The van der Waals surface area contributed by atoms with E-state index in [9.17, 15) is 19.2 Å². The number of nitrogens with two attached hydrogens (primary N) is 6. The van der Waals surface area contributed by atoms with E-state index in [1.807, 2.05) is 138 Å². The molecule has 0 atom stereocenters. The van der Waals surface area contributed by atoms with Gasteiger partial charge in [-0.3, -0.25) is 68.6 Å². The fourth-order valence-electron chi connectivity index (χ4n) is 8.02. The fourth-order valence-corrected chi connectivity index (χ4v) is 15.8. The molecule has 2 aliphatic rings. The van der Waals surface area contributed by atoms with Crippen LogP contribution in [0.2, 0.25) is 0 Å². The molecule has 0 aromatic heterocycles. The lowest BCUT2D eigenvalue weighted by Gasteiger charge is -2.22. The molecule has 0 saturated carbocycles. The number of guanidine groups is 3. The van der Waals surface area contributed by atoms with Crippen LogP contribution in [0, 0.1) is 0 Å². The van der Waals surface area contributed by atoms with Crippen molar-refractivity contribution in [2.75, 3.05) is 164 Å². The maximum absolute atomic E-state index is 13.3. The number of oxime groups is 1. The number of hydrogen-bond donors (Lipinski definition) is 9. The van der Waals surface area contributed by atoms with Gasteiger partial charge in [-0.1, -0.05) is 35.5 Å². The van der Waals surface area contributed by atoms with E-state index < -0.39 is 0 Å². The highest BCUT2D eigenvalue weighted by Gasteiger charge is 2.17. The SMILES string of the molecule is C=CCN1Cc2ccc(cc2)/C=N\OCCCSCCCSCCC(=O)N(CC[NH+]=C(N)N)CCCSCCCSCCC(=O)N(CC[NH+]=C(N)N)CCCSCCCSCCC(=O)N(CC[NH+]=C(N)N)CCCSCCCSCCC1=O. The van der Waals surface area contributed by atoms with Crippen LogP contribution in [0.25, 0.3) is 0 Å². The van der Waals surface area contributed by atoms with E-state index in [1.54, 1.807) is 12.3 Å². The van der Waals surface area contributed by atoms with Gasteiger partial charge in [0.25, 0.3) is 0 Å². The van der Waals surface area contributed by atoms with Crippen LogP contribution in [0.5, 0.6) is 0 Å². The number of benzene rings is 1. The van der Waals surface area contributed by atoms with Crippen LogP contribution in [-0.4, -0.2) is 231 Å². The zero-order valence-corrected chi connectivity index (χ0v) is 56.0. The number of fused-ring (bicyclic) bond motifs is 52. The van der Waals surface area contributed by atoms with Crippen molar-refractivity contribution >= 4 is 142 Å². The molecule has 27 heteroatoms. The molecular formula is C56H103N14O5S8+3. The number of thioether (sulfide) groups is 8. The number of amides is 4. The van der Waals surface area contributed by atoms with Gasteiger partial charge < -0.3 is 24.4 Å². The Morgan fingerprint density at radius 3 is 1.11 bits per heavy atom. The molecule has 0 spiro atoms. The van der Waals surface area contributed by atoms with Gasteiger partial charge in [0.1, 0.15) is 6.61 Å². The molecular weight excluding hydrogens is 1210 g/mol. The standard InChI is InChI=1S/C56H100N14O5S8/c1-2-22-70-47-49-13-11-48(12-14-49)46-66-75-29-6-33-79-37-10-41-82-44-17-52(73)69(28-21-65-56(61)62)24-4-31-77-35-8-39-80-42-15-50(71)67(26-19-63-54(57)58)23-3-30-76-34-7-38-81-43-16-51(72)68(27-20-64-55(59)60)25-5-32-78-36-9-40-83-45-18-53(70)74/h2,11-14,46H,1,3-10,15-45,47H2,(H4,57,58,63)(H4,59,60,64)(H4,61,62,65)/p+3/b66-46-. The van der Waals surface area contributed by atoms with E-state index in [0.29, 0.717) is 104 Å². The van der Waals surface area contributed by atoms with Crippen LogP contribution in [-0.2, 0) is 30.6 Å². The molecule has 0 unspecified atom stereocenters. The third kappa shape index (κ3) is 44.1. The predicted molar refractivity (Wildman–Crippen MR) is 367 cm³/mol. The number of nitrogens with one attached hydrogen (secondary N) is 3. The highest BCUT2D eigenvalue weighted by atomic mass is 32.2. The lowest BCUT2D eigenvalue weighted by atomic mass is 10.1. The van der Waals surface area contributed by atoms with Gasteiger partial charge in [-0.2, -0.15) is 94.1 Å². The van der Waals surface area contributed by atoms with Crippen LogP contribution in [0.4, 0.5) is 0 Å². The van der Waals surface area contributed by atoms with Crippen molar-refractivity contribution in [1.82, 2.24) is 19.6 Å². The quantitative estimate of drug-likeness (QED) is 0.0835. The summed E-state index contributed by atoms with van der Waals surface area (Å²) in [5, 5.41) is 4.18. The molecule has 15 N–H and O–H groups in total. The molecule has 2 bridgehead atoms. The molecule has 0 fully saturated rings. The summed E-state index contributed by atoms with van der Waals surface area (Å²) in [5.74, 6) is 16.3. The highest BCUT2D eigenvalue weighted by Crippen LogP contribution is 2.17. The second-order valence-electron chi connectivity index (χ2n) is 19.4. The van der Waals surface area contributed by atoms with Gasteiger partial charge in [0.2, 0.25) is 23.6 Å². The van der Waals surface area contributed by atoms with Crippen molar-refractivity contribution < 1.29 is 39.0 Å². The number of carbonyl (C=O) groups is 4. The zero-order chi connectivity index (χ0) is 60.2. The molecule has 3 rings (SSSR count). The summed E-state index contributed by atoms with van der Waals surface area (Å²) in [4.78, 5) is 75.2. The molecule has 83 heavy (non-hydrogen) atoms. The normalized spacial score (nSPS) is 19.4. The van der Waals surface area contributed by atoms with Crippen molar-refractivity contribution in [3.05, 3.63) is 48.0 Å². The fraction of sp³-hybridized carbons (Fsp3) is 0.714. The number of nitrogens with zero attached hydrogens (tertiary/aromatic N) is 5. The van der Waals surface area contributed by atoms with E-state index in [4.69, 9.17) is 39.2 Å². The Labute approximate surface area is 531 Å². The Kier molecular flexibility index (Phi) is 48.7. The minimum Gasteiger partial charge on any atom is -0.396 e. The van der Waals surface area contributed by atoms with Gasteiger partial charge in [0.05, 0.1) is 45.5 Å². The van der Waals surface area contributed by atoms with Gasteiger partial charge in [-0.25, -0.2) is 0 Å². The lowest BCUT2D eigenvalue weighted by Crippen LogP contribution is -2.79. The Hall–Kier alpha value is -3.08. The first kappa shape index (κ1) is 76.0. The van der Waals surface area contributed by atoms with Crippen LogP contribution in [0.15, 0.2) is 42.1 Å². The van der Waals surface area contributed by atoms with Crippen molar-refractivity contribution in [2.45, 2.75) is 83.6 Å². The largest absolute Gasteiger partial charge is 0.396 e. The van der Waals surface area contributed by atoms with Crippen LogP contribution in [0.1, 0.15) is 88.2 Å². The number of hydrogen-bond acceptors (Lipinski definition) is 14. The van der Waals surface area contributed by atoms with Gasteiger partial charge in [-0.05, 0) is 132 Å². The van der Waals surface area contributed by atoms with E-state index >= 15 is 0 Å². The molecule has 0 saturated heterocycles. The minimum atomic E-state index is 0.123. The molecule has 2 heterocycles. The number of rotatable bonds is 11. The van der Waals surface area contributed by atoms with Crippen molar-refractivity contribution in [3.8, 4) is 0 Å². The minimum absolute atomic E-state index is 0.123. The van der Waals surface area contributed by atoms with Crippen molar-refractivity contribution in [2.24, 2.45) is 39.6 Å². The Morgan fingerprint density at radius 2 is 0.771 bits per heavy atom. The summed E-state index contributed by atoms with van der Waals surface area (Å²) in [6, 6.07) is 8.05. The van der Waals surface area contributed by atoms with Gasteiger partial charge in [0, 0.05) is 81.4 Å². The second-order valence-corrected chi connectivity index (χ2v) is 29.2. The van der Waals surface area contributed by atoms with Crippen LogP contribution in [0.3, 0.4) is 0 Å². The first-order valence-electron chi connectivity index (χ1n) is 29.3. The van der Waals surface area contributed by atoms with E-state index in [2.05, 4.69) is 26.7 Å². The third-order valence-electron chi connectivity index (χ3n) is 12.3. The van der Waals surface area contributed by atoms with E-state index in [0.717, 1.165) is 155 Å². The summed E-state index contributed by atoms with van der Waals surface area (Å²) < 4.78 is 0. The molecule has 1 aromatic carbocycles. The van der Waals surface area contributed by atoms with Gasteiger partial charge in [0.15, 0.2) is 0 Å². The maximum atomic E-state index is 13.3. The van der Waals surface area contributed by atoms with E-state index in [-0.39, 0.29) is 41.5 Å². The summed E-state index contributed by atoms with van der Waals surface area (Å²) in [6.07, 6.45) is 13.4. The predicted octanol–water partition coefficient (Wildman–Crippen LogP) is 0.660. The first-order valence-corrected chi connectivity index (χ1v) is 38.6. The maximum Gasteiger partial charge on any atom is 0.338 e. The Bertz CT molecular complexity index is 2000. The van der Waals surface area contributed by atoms with Gasteiger partial charge in [-0.15, -0.1) is 6.58 Å². The average Bonchev–Trinajstić information content (AvgIpc) is 3.48. The highest BCUT2D eigenvalue weighted by molar-refractivity contribution is 8.01. The molecule has 19 nitrogen and oxygen atoms in total. The Morgan fingerprint density at radius 1 is 0.458 bits per heavy atom. The molecule has 0 aliphatic carbocycles. The monoisotopic (exact) mass is 1310 g/mol. The molecule has 0 radical (unpaired) electrons. The first-order chi connectivity index (χ1) is 40.4. The summed E-state index contributed by atoms with van der Waals surface area (Å²) >= 11 is 15.0. The number of carbonyl (C=O) groups excluding carboxylic acids is 4. The molecule has 1 aromatic rings.